The van der Waals surface area contributed by atoms with Crippen LogP contribution in [0.1, 0.15) is 27.7 Å². The molecule has 0 saturated carbocycles. The molecule has 5 heteroatoms. The van der Waals surface area contributed by atoms with Crippen LogP contribution in [0, 0.1) is 0 Å². The monoisotopic (exact) mass is 302 g/mol. The Balaban J connectivity index is 1.93. The highest BCUT2D eigenvalue weighted by molar-refractivity contribution is 7.10. The molecule has 1 aromatic carbocycles. The average Bonchev–Trinajstić information content (AvgIpc) is 2.94. The summed E-state index contributed by atoms with van der Waals surface area (Å²) in [6.45, 7) is 3.91. The minimum absolute atomic E-state index is 0.309. The molecule has 3 rings (SSSR count). The van der Waals surface area contributed by atoms with Crippen molar-refractivity contribution in [1.29, 1.82) is 0 Å². The Labute approximate surface area is 128 Å². The van der Waals surface area contributed by atoms with Gasteiger partial charge < -0.3 is 15.4 Å². The van der Waals surface area contributed by atoms with Crippen LogP contribution in [0.15, 0.2) is 29.6 Å². The first-order valence-electron chi connectivity index (χ1n) is 7.06. The van der Waals surface area contributed by atoms with Crippen molar-refractivity contribution in [3.8, 4) is 0 Å². The molecule has 0 spiro atoms. The minimum atomic E-state index is -0.309. The molecule has 0 atom stereocenters. The summed E-state index contributed by atoms with van der Waals surface area (Å²) in [5.41, 5.74) is 9.20. The second-order valence-corrected chi connectivity index (χ2v) is 6.04. The van der Waals surface area contributed by atoms with E-state index in [4.69, 9.17) is 10.5 Å². The fourth-order valence-electron chi connectivity index (χ4n) is 2.66. The minimum Gasteiger partial charge on any atom is -0.462 e. The summed E-state index contributed by atoms with van der Waals surface area (Å²) in [6, 6.07) is 7.62. The van der Waals surface area contributed by atoms with E-state index in [1.54, 1.807) is 17.4 Å². The van der Waals surface area contributed by atoms with Crippen LogP contribution in [-0.4, -0.2) is 19.1 Å². The van der Waals surface area contributed by atoms with Crippen molar-refractivity contribution in [2.24, 2.45) is 0 Å². The molecule has 2 heterocycles. The zero-order valence-electron chi connectivity index (χ0n) is 12.0. The Bertz CT molecular complexity index is 666. The summed E-state index contributed by atoms with van der Waals surface area (Å²) in [4.78, 5) is 15.8. The standard InChI is InChI=1S/C16H18N2O2S/c1-2-20-16(19)13-9-12(17)3-4-14(13)18-7-5-15-11(10-18)6-8-21-15/h3-4,6,8-9H,2,5,7,10,17H2,1H3. The summed E-state index contributed by atoms with van der Waals surface area (Å²) in [7, 11) is 0. The Kier molecular flexibility index (Phi) is 3.84. The van der Waals surface area contributed by atoms with Crippen molar-refractivity contribution in [2.45, 2.75) is 19.9 Å². The van der Waals surface area contributed by atoms with Crippen molar-refractivity contribution in [3.63, 3.8) is 0 Å². The average molecular weight is 302 g/mol. The maximum absolute atomic E-state index is 12.2. The van der Waals surface area contributed by atoms with Crippen LogP contribution in [0.4, 0.5) is 11.4 Å². The Morgan fingerprint density at radius 1 is 1.43 bits per heavy atom. The van der Waals surface area contributed by atoms with Gasteiger partial charge in [0.25, 0.3) is 0 Å². The highest BCUT2D eigenvalue weighted by Gasteiger charge is 2.22. The van der Waals surface area contributed by atoms with Gasteiger partial charge in [0, 0.05) is 23.7 Å². The van der Waals surface area contributed by atoms with Crippen LogP contribution in [0.5, 0.6) is 0 Å². The molecule has 1 aliphatic rings. The molecule has 4 nitrogen and oxygen atoms in total. The number of carbonyl (C=O) groups excluding carboxylic acids is 1. The number of nitrogens with zero attached hydrogens (tertiary/aromatic N) is 1. The molecule has 0 saturated heterocycles. The normalized spacial score (nSPS) is 13.9. The van der Waals surface area contributed by atoms with Crippen molar-refractivity contribution in [1.82, 2.24) is 0 Å². The van der Waals surface area contributed by atoms with Crippen molar-refractivity contribution < 1.29 is 9.53 Å². The molecule has 0 amide bonds. The van der Waals surface area contributed by atoms with Gasteiger partial charge in [0.2, 0.25) is 0 Å². The lowest BCUT2D eigenvalue weighted by Crippen LogP contribution is -2.31. The van der Waals surface area contributed by atoms with Crippen LogP contribution >= 0.6 is 11.3 Å². The van der Waals surface area contributed by atoms with Crippen molar-refractivity contribution >= 4 is 28.7 Å². The third-order valence-corrected chi connectivity index (χ3v) is 4.69. The molecule has 0 unspecified atom stereocenters. The number of benzene rings is 1. The predicted octanol–water partition coefficient (Wildman–Crippen LogP) is 3.07. The molecule has 0 radical (unpaired) electrons. The molecule has 2 N–H and O–H groups in total. The van der Waals surface area contributed by atoms with Gasteiger partial charge in [-0.3, -0.25) is 0 Å². The largest absolute Gasteiger partial charge is 0.462 e. The van der Waals surface area contributed by atoms with Gasteiger partial charge >= 0.3 is 5.97 Å². The number of anilines is 2. The number of nitrogen functional groups attached to an aromatic ring is 1. The summed E-state index contributed by atoms with van der Waals surface area (Å²) in [5.74, 6) is -0.309. The van der Waals surface area contributed by atoms with Crippen LogP contribution in [0.3, 0.4) is 0 Å². The van der Waals surface area contributed by atoms with Crippen LogP contribution < -0.4 is 10.6 Å². The molecule has 1 aliphatic heterocycles. The first-order valence-corrected chi connectivity index (χ1v) is 7.94. The zero-order valence-corrected chi connectivity index (χ0v) is 12.8. The van der Waals surface area contributed by atoms with Gasteiger partial charge in [0.15, 0.2) is 0 Å². The Morgan fingerprint density at radius 2 is 2.29 bits per heavy atom. The lowest BCUT2D eigenvalue weighted by Gasteiger charge is -2.30. The number of esters is 1. The van der Waals surface area contributed by atoms with Gasteiger partial charge in [-0.1, -0.05) is 0 Å². The number of fused-ring (bicyclic) bond motifs is 1. The van der Waals surface area contributed by atoms with Gasteiger partial charge in [-0.2, -0.15) is 0 Å². The molecule has 2 aromatic rings. The lowest BCUT2D eigenvalue weighted by atomic mass is 10.1. The van der Waals surface area contributed by atoms with Gasteiger partial charge in [-0.25, -0.2) is 4.79 Å². The summed E-state index contributed by atoms with van der Waals surface area (Å²) >= 11 is 1.81. The number of carbonyl (C=O) groups is 1. The molecule has 110 valence electrons. The van der Waals surface area contributed by atoms with E-state index in [1.807, 2.05) is 19.1 Å². The first-order chi connectivity index (χ1) is 10.2. The highest BCUT2D eigenvalue weighted by Crippen LogP contribution is 2.31. The summed E-state index contributed by atoms with van der Waals surface area (Å²) in [5, 5.41) is 2.13. The van der Waals surface area contributed by atoms with Crippen molar-refractivity contribution in [2.75, 3.05) is 23.8 Å². The summed E-state index contributed by atoms with van der Waals surface area (Å²) in [6.07, 6.45) is 1.01. The first kappa shape index (κ1) is 13.9. The number of rotatable bonds is 3. The van der Waals surface area contributed by atoms with E-state index < -0.39 is 0 Å². The number of ether oxygens (including phenoxy) is 1. The predicted molar refractivity (Wildman–Crippen MR) is 85.9 cm³/mol. The highest BCUT2D eigenvalue weighted by atomic mass is 32.1. The fraction of sp³-hybridized carbons (Fsp3) is 0.312. The second kappa shape index (κ2) is 5.77. The van der Waals surface area contributed by atoms with Crippen LogP contribution in [0.2, 0.25) is 0 Å². The van der Waals surface area contributed by atoms with Crippen LogP contribution in [-0.2, 0) is 17.7 Å². The fourth-order valence-corrected chi connectivity index (χ4v) is 3.55. The van der Waals surface area contributed by atoms with E-state index in [9.17, 15) is 4.79 Å². The molecule has 0 aliphatic carbocycles. The lowest BCUT2D eigenvalue weighted by molar-refractivity contribution is 0.0527. The SMILES string of the molecule is CCOC(=O)c1cc(N)ccc1N1CCc2sccc2C1. The maximum Gasteiger partial charge on any atom is 0.340 e. The Hall–Kier alpha value is -2.01. The van der Waals surface area contributed by atoms with E-state index in [1.165, 1.54) is 10.4 Å². The number of hydrogen-bond donors (Lipinski definition) is 1. The molecular weight excluding hydrogens is 284 g/mol. The number of thiophene rings is 1. The van der Waals surface area contributed by atoms with Crippen LogP contribution in [0.25, 0.3) is 0 Å². The smallest absolute Gasteiger partial charge is 0.340 e. The quantitative estimate of drug-likeness (QED) is 0.699. The molecular formula is C16H18N2O2S. The molecule has 21 heavy (non-hydrogen) atoms. The van der Waals surface area contributed by atoms with E-state index >= 15 is 0 Å². The van der Waals surface area contributed by atoms with E-state index in [2.05, 4.69) is 16.3 Å². The third kappa shape index (κ3) is 2.74. The third-order valence-electron chi connectivity index (χ3n) is 3.66. The van der Waals surface area contributed by atoms with Gasteiger partial charge in [-0.15, -0.1) is 11.3 Å². The molecule has 1 aromatic heterocycles. The molecule has 0 bridgehead atoms. The van der Waals surface area contributed by atoms with E-state index in [0.29, 0.717) is 17.9 Å². The molecule has 0 fully saturated rings. The van der Waals surface area contributed by atoms with Gasteiger partial charge in [0.1, 0.15) is 0 Å². The topological polar surface area (TPSA) is 55.6 Å². The Morgan fingerprint density at radius 3 is 3.10 bits per heavy atom. The second-order valence-electron chi connectivity index (χ2n) is 5.04. The summed E-state index contributed by atoms with van der Waals surface area (Å²) < 4.78 is 5.15. The van der Waals surface area contributed by atoms with E-state index in [-0.39, 0.29) is 5.97 Å². The van der Waals surface area contributed by atoms with Gasteiger partial charge in [-0.05, 0) is 48.6 Å². The maximum atomic E-state index is 12.2. The van der Waals surface area contributed by atoms with Crippen molar-refractivity contribution in [3.05, 3.63) is 45.6 Å². The zero-order chi connectivity index (χ0) is 14.8. The van der Waals surface area contributed by atoms with Gasteiger partial charge in [0.05, 0.1) is 17.9 Å². The number of hydrogen-bond acceptors (Lipinski definition) is 5. The number of nitrogens with two attached hydrogens (primary N) is 1. The van der Waals surface area contributed by atoms with E-state index in [0.717, 1.165) is 25.2 Å².